The Morgan fingerprint density at radius 3 is 2.62 bits per heavy atom. The van der Waals surface area contributed by atoms with E-state index in [0.717, 1.165) is 31.9 Å². The van der Waals surface area contributed by atoms with Gasteiger partial charge in [-0.15, -0.1) is 0 Å². The monoisotopic (exact) mass is 345 g/mol. The lowest BCUT2D eigenvalue weighted by molar-refractivity contribution is 0.217. The second kappa shape index (κ2) is 5.74. The SMILES string of the molecule is CC1=C=CN2C(=N1)C(N1CCN(C)CC1)=Nc1c(F)cc(Cl)cc12. The number of allylic oxidation sites excluding steroid dienone is 1. The van der Waals surface area contributed by atoms with Crippen LogP contribution in [-0.4, -0.2) is 54.7 Å². The lowest BCUT2D eigenvalue weighted by Crippen LogP contribution is -2.53. The van der Waals surface area contributed by atoms with E-state index in [4.69, 9.17) is 11.6 Å². The summed E-state index contributed by atoms with van der Waals surface area (Å²) in [6, 6.07) is 3.00. The molecule has 0 saturated carbocycles. The molecule has 0 bridgehead atoms. The topological polar surface area (TPSA) is 34.4 Å². The van der Waals surface area contributed by atoms with Gasteiger partial charge in [-0.25, -0.2) is 14.4 Å². The van der Waals surface area contributed by atoms with Crippen LogP contribution in [0.2, 0.25) is 5.02 Å². The number of aliphatic imine (C=N–C) groups is 2. The van der Waals surface area contributed by atoms with Crippen LogP contribution in [0.25, 0.3) is 0 Å². The Hall–Kier alpha value is -2.14. The number of anilines is 1. The highest BCUT2D eigenvalue weighted by atomic mass is 35.5. The van der Waals surface area contributed by atoms with Gasteiger partial charge in [0.25, 0.3) is 0 Å². The molecular formula is C17H17ClFN5. The Morgan fingerprint density at radius 1 is 1.12 bits per heavy atom. The van der Waals surface area contributed by atoms with Crippen LogP contribution >= 0.6 is 11.6 Å². The third-order valence-corrected chi connectivity index (χ3v) is 4.61. The first-order chi connectivity index (χ1) is 11.5. The molecule has 0 spiro atoms. The van der Waals surface area contributed by atoms with E-state index < -0.39 is 5.82 Å². The Morgan fingerprint density at radius 2 is 1.88 bits per heavy atom. The molecule has 1 saturated heterocycles. The maximum atomic E-state index is 14.4. The minimum Gasteiger partial charge on any atom is -0.351 e. The summed E-state index contributed by atoms with van der Waals surface area (Å²) in [4.78, 5) is 15.5. The van der Waals surface area contributed by atoms with Gasteiger partial charge in [0.05, 0.1) is 17.6 Å². The summed E-state index contributed by atoms with van der Waals surface area (Å²) in [6.45, 7) is 5.43. The fourth-order valence-corrected chi connectivity index (χ4v) is 3.24. The third kappa shape index (κ3) is 2.53. The standard InChI is InChI=1S/C17H17ClFN5/c1-11-3-4-24-14-10-12(18)9-13(19)15(14)21-16(17(24)20-11)23-7-5-22(2)6-8-23/h4,9-10H,5-8H2,1-2H3. The van der Waals surface area contributed by atoms with Crippen molar-refractivity contribution >= 4 is 34.6 Å². The lowest BCUT2D eigenvalue weighted by atomic mass is 10.1. The minimum absolute atomic E-state index is 0.296. The van der Waals surface area contributed by atoms with E-state index in [2.05, 4.69) is 32.6 Å². The summed E-state index contributed by atoms with van der Waals surface area (Å²) in [5.74, 6) is 0.974. The second-order valence-corrected chi connectivity index (χ2v) is 6.58. The second-order valence-electron chi connectivity index (χ2n) is 6.15. The summed E-state index contributed by atoms with van der Waals surface area (Å²) in [5, 5.41) is 0.337. The van der Waals surface area contributed by atoms with Gasteiger partial charge in [-0.05, 0) is 26.1 Å². The largest absolute Gasteiger partial charge is 0.351 e. The first kappa shape index (κ1) is 15.4. The highest BCUT2D eigenvalue weighted by Crippen LogP contribution is 2.39. The van der Waals surface area contributed by atoms with E-state index in [-0.39, 0.29) is 0 Å². The average molecular weight is 346 g/mol. The molecule has 5 nitrogen and oxygen atoms in total. The summed E-state index contributed by atoms with van der Waals surface area (Å²) in [7, 11) is 2.09. The number of amidine groups is 2. The number of halogens is 2. The molecule has 3 aliphatic heterocycles. The van der Waals surface area contributed by atoms with Gasteiger partial charge in [0, 0.05) is 31.2 Å². The molecular weight excluding hydrogens is 329 g/mol. The molecule has 1 fully saturated rings. The fraction of sp³-hybridized carbons (Fsp3) is 0.353. The van der Waals surface area contributed by atoms with E-state index in [1.165, 1.54) is 6.07 Å². The van der Waals surface area contributed by atoms with Crippen molar-refractivity contribution in [3.8, 4) is 0 Å². The van der Waals surface area contributed by atoms with Crippen LogP contribution in [0.3, 0.4) is 0 Å². The maximum Gasteiger partial charge on any atom is 0.182 e. The molecule has 1 aromatic carbocycles. The van der Waals surface area contributed by atoms with Crippen LogP contribution in [0.4, 0.5) is 15.8 Å². The van der Waals surface area contributed by atoms with E-state index in [1.807, 2.05) is 11.8 Å². The Kier molecular flexibility index (Phi) is 3.68. The highest BCUT2D eigenvalue weighted by molar-refractivity contribution is 6.48. The van der Waals surface area contributed by atoms with Gasteiger partial charge in [-0.1, -0.05) is 17.3 Å². The van der Waals surface area contributed by atoms with Crippen molar-refractivity contribution < 1.29 is 4.39 Å². The first-order valence-corrected chi connectivity index (χ1v) is 8.23. The number of benzene rings is 1. The lowest BCUT2D eigenvalue weighted by Gasteiger charge is -2.39. The predicted octanol–water partition coefficient (Wildman–Crippen LogP) is 3.01. The van der Waals surface area contributed by atoms with Gasteiger partial charge in [0.15, 0.2) is 17.5 Å². The number of hydrogen-bond acceptors (Lipinski definition) is 5. The van der Waals surface area contributed by atoms with Crippen LogP contribution in [0.15, 0.2) is 39.7 Å². The molecule has 0 atom stereocenters. The zero-order valence-electron chi connectivity index (χ0n) is 13.6. The first-order valence-electron chi connectivity index (χ1n) is 7.86. The molecule has 7 heteroatoms. The zero-order valence-corrected chi connectivity index (χ0v) is 14.3. The summed E-state index contributed by atoms with van der Waals surface area (Å²) >= 11 is 6.03. The van der Waals surface area contributed by atoms with Gasteiger partial charge in [0.2, 0.25) is 0 Å². The normalized spacial score (nSPS) is 20.2. The average Bonchev–Trinajstić information content (AvgIpc) is 2.55. The maximum absolute atomic E-state index is 14.4. The minimum atomic E-state index is -0.428. The number of piperazine rings is 1. The molecule has 0 aromatic heterocycles. The van der Waals surface area contributed by atoms with E-state index in [0.29, 0.717) is 28.1 Å². The third-order valence-electron chi connectivity index (χ3n) is 4.39. The van der Waals surface area contributed by atoms with Crippen molar-refractivity contribution in [3.63, 3.8) is 0 Å². The van der Waals surface area contributed by atoms with Gasteiger partial charge < -0.3 is 9.80 Å². The smallest absolute Gasteiger partial charge is 0.182 e. The molecule has 4 rings (SSSR count). The van der Waals surface area contributed by atoms with Gasteiger partial charge in [-0.3, -0.25) is 4.90 Å². The summed E-state index contributed by atoms with van der Waals surface area (Å²) in [6.07, 6.45) is 1.77. The fourth-order valence-electron chi connectivity index (χ4n) is 3.04. The molecule has 0 aliphatic carbocycles. The highest BCUT2D eigenvalue weighted by Gasteiger charge is 2.33. The Balaban J connectivity index is 1.86. The molecule has 24 heavy (non-hydrogen) atoms. The van der Waals surface area contributed by atoms with E-state index >= 15 is 0 Å². The zero-order chi connectivity index (χ0) is 16.8. The van der Waals surface area contributed by atoms with E-state index in [9.17, 15) is 4.39 Å². The number of fused-ring (bicyclic) bond motifs is 3. The van der Waals surface area contributed by atoms with Gasteiger partial charge >= 0.3 is 0 Å². The summed E-state index contributed by atoms with van der Waals surface area (Å²) < 4.78 is 14.4. The molecule has 0 amide bonds. The van der Waals surface area contributed by atoms with Crippen molar-refractivity contribution in [1.82, 2.24) is 9.80 Å². The van der Waals surface area contributed by atoms with Crippen molar-refractivity contribution in [2.75, 3.05) is 38.1 Å². The van der Waals surface area contributed by atoms with Crippen molar-refractivity contribution in [2.24, 2.45) is 9.98 Å². The number of hydrogen-bond donors (Lipinski definition) is 0. The quantitative estimate of drug-likeness (QED) is 0.678. The molecule has 3 heterocycles. The van der Waals surface area contributed by atoms with Crippen molar-refractivity contribution in [1.29, 1.82) is 0 Å². The van der Waals surface area contributed by atoms with Crippen LogP contribution < -0.4 is 4.90 Å². The van der Waals surface area contributed by atoms with Crippen LogP contribution in [-0.2, 0) is 0 Å². The van der Waals surface area contributed by atoms with Gasteiger partial charge in [-0.2, -0.15) is 0 Å². The van der Waals surface area contributed by atoms with Crippen molar-refractivity contribution in [2.45, 2.75) is 6.92 Å². The van der Waals surface area contributed by atoms with Crippen LogP contribution in [0.5, 0.6) is 0 Å². The molecule has 0 unspecified atom stereocenters. The molecule has 3 aliphatic rings. The predicted molar refractivity (Wildman–Crippen MR) is 94.8 cm³/mol. The van der Waals surface area contributed by atoms with Crippen LogP contribution in [0, 0.1) is 5.82 Å². The number of rotatable bonds is 0. The number of nitrogens with zero attached hydrogens (tertiary/aromatic N) is 5. The molecule has 124 valence electrons. The molecule has 1 aromatic rings. The van der Waals surface area contributed by atoms with Gasteiger partial charge in [0.1, 0.15) is 5.69 Å². The molecule has 0 N–H and O–H groups in total. The summed E-state index contributed by atoms with van der Waals surface area (Å²) in [5.41, 5.74) is 4.74. The Bertz CT molecular complexity index is 830. The number of likely N-dealkylation sites (N-methyl/N-ethyl adjacent to an activating group) is 1. The van der Waals surface area contributed by atoms with E-state index in [1.54, 1.807) is 12.3 Å². The van der Waals surface area contributed by atoms with Crippen LogP contribution in [0.1, 0.15) is 6.92 Å². The van der Waals surface area contributed by atoms with Crippen molar-refractivity contribution in [3.05, 3.63) is 40.6 Å². The Labute approximate surface area is 145 Å². The molecule has 0 radical (unpaired) electrons.